The second kappa shape index (κ2) is 9.63. The molecule has 156 valence electrons. The van der Waals surface area contributed by atoms with Gasteiger partial charge >= 0.3 is 0 Å². The van der Waals surface area contributed by atoms with E-state index in [4.69, 9.17) is 9.47 Å². The summed E-state index contributed by atoms with van der Waals surface area (Å²) < 4.78 is 12.2. The van der Waals surface area contributed by atoms with Crippen LogP contribution < -0.4 is 14.4 Å². The minimum Gasteiger partial charge on any atom is -0.492 e. The van der Waals surface area contributed by atoms with Gasteiger partial charge in [0.05, 0.1) is 25.5 Å². The Balaban J connectivity index is 1.82. The van der Waals surface area contributed by atoms with Crippen molar-refractivity contribution in [2.24, 2.45) is 0 Å². The molecule has 0 spiro atoms. The van der Waals surface area contributed by atoms with Crippen LogP contribution in [-0.2, 0) is 13.2 Å². The van der Waals surface area contributed by atoms with Gasteiger partial charge in [-0.2, -0.15) is 0 Å². The Morgan fingerprint density at radius 1 is 1.00 bits per heavy atom. The predicted molar refractivity (Wildman–Crippen MR) is 118 cm³/mol. The third-order valence-corrected chi connectivity index (χ3v) is 5.56. The van der Waals surface area contributed by atoms with Gasteiger partial charge in [-0.1, -0.05) is 30.3 Å². The Kier molecular flexibility index (Phi) is 6.50. The number of hydrogen-bond donors (Lipinski definition) is 1. The SMILES string of the molecule is COc1c(CO)ccc(N(Cc2cccnc2)c2ccccc2)c1OC1CCCC1. The molecule has 1 aliphatic carbocycles. The minimum absolute atomic E-state index is 0.0988. The minimum atomic E-state index is -0.0988. The van der Waals surface area contributed by atoms with Crippen molar-refractivity contribution >= 4 is 11.4 Å². The summed E-state index contributed by atoms with van der Waals surface area (Å²) in [5.41, 5.74) is 3.80. The van der Waals surface area contributed by atoms with Crippen LogP contribution in [0.2, 0.25) is 0 Å². The van der Waals surface area contributed by atoms with E-state index < -0.39 is 0 Å². The van der Waals surface area contributed by atoms with Crippen molar-refractivity contribution in [3.8, 4) is 11.5 Å². The molecule has 30 heavy (non-hydrogen) atoms. The van der Waals surface area contributed by atoms with E-state index in [2.05, 4.69) is 28.1 Å². The summed E-state index contributed by atoms with van der Waals surface area (Å²) in [7, 11) is 1.63. The predicted octanol–water partition coefficient (Wildman–Crippen LogP) is 5.24. The van der Waals surface area contributed by atoms with Gasteiger partial charge in [-0.05, 0) is 55.5 Å². The number of ether oxygens (including phenoxy) is 2. The molecule has 0 bridgehead atoms. The number of hydrogen-bond acceptors (Lipinski definition) is 5. The molecule has 1 fully saturated rings. The summed E-state index contributed by atoms with van der Waals surface area (Å²) in [6.07, 6.45) is 8.28. The maximum absolute atomic E-state index is 9.86. The number of anilines is 2. The number of nitrogens with zero attached hydrogens (tertiary/aromatic N) is 2. The van der Waals surface area contributed by atoms with Crippen LogP contribution in [0.5, 0.6) is 11.5 Å². The van der Waals surface area contributed by atoms with Crippen LogP contribution in [-0.4, -0.2) is 23.3 Å². The summed E-state index contributed by atoms with van der Waals surface area (Å²) in [6, 6.07) is 18.2. The molecule has 1 heterocycles. The van der Waals surface area contributed by atoms with Gasteiger partial charge in [0.2, 0.25) is 0 Å². The van der Waals surface area contributed by atoms with Crippen molar-refractivity contribution in [1.29, 1.82) is 0 Å². The fourth-order valence-corrected chi connectivity index (χ4v) is 4.04. The van der Waals surface area contributed by atoms with E-state index in [0.29, 0.717) is 18.0 Å². The Bertz CT molecular complexity index is 941. The zero-order valence-corrected chi connectivity index (χ0v) is 17.3. The summed E-state index contributed by atoms with van der Waals surface area (Å²) in [4.78, 5) is 6.49. The van der Waals surface area contributed by atoms with E-state index in [0.717, 1.165) is 35.3 Å². The Morgan fingerprint density at radius 3 is 2.47 bits per heavy atom. The smallest absolute Gasteiger partial charge is 0.185 e. The fourth-order valence-electron chi connectivity index (χ4n) is 4.04. The first-order valence-corrected chi connectivity index (χ1v) is 10.5. The number of aliphatic hydroxyl groups excluding tert-OH is 1. The van der Waals surface area contributed by atoms with Gasteiger partial charge < -0.3 is 19.5 Å². The summed E-state index contributed by atoms with van der Waals surface area (Å²) in [6.45, 7) is 0.541. The van der Waals surface area contributed by atoms with Gasteiger partial charge in [0, 0.05) is 30.2 Å². The molecule has 1 saturated carbocycles. The van der Waals surface area contributed by atoms with Crippen LogP contribution in [0.4, 0.5) is 11.4 Å². The van der Waals surface area contributed by atoms with Gasteiger partial charge in [-0.15, -0.1) is 0 Å². The van der Waals surface area contributed by atoms with E-state index in [1.807, 2.05) is 42.6 Å². The van der Waals surface area contributed by atoms with E-state index in [1.54, 1.807) is 13.3 Å². The van der Waals surface area contributed by atoms with Crippen molar-refractivity contribution in [2.75, 3.05) is 12.0 Å². The summed E-state index contributed by atoms with van der Waals surface area (Å²) >= 11 is 0. The van der Waals surface area contributed by atoms with Crippen molar-refractivity contribution in [1.82, 2.24) is 4.98 Å². The monoisotopic (exact) mass is 404 g/mol. The van der Waals surface area contributed by atoms with Gasteiger partial charge in [-0.25, -0.2) is 0 Å². The second-order valence-electron chi connectivity index (χ2n) is 7.57. The largest absolute Gasteiger partial charge is 0.492 e. The van der Waals surface area contributed by atoms with Crippen LogP contribution in [0.15, 0.2) is 67.0 Å². The molecule has 1 aliphatic rings. The molecule has 0 amide bonds. The van der Waals surface area contributed by atoms with Crippen molar-refractivity contribution in [2.45, 2.75) is 44.9 Å². The van der Waals surface area contributed by atoms with Crippen molar-refractivity contribution in [3.05, 3.63) is 78.1 Å². The second-order valence-corrected chi connectivity index (χ2v) is 7.57. The molecule has 0 unspecified atom stereocenters. The Hall–Kier alpha value is -3.05. The highest BCUT2D eigenvalue weighted by Crippen LogP contribution is 2.45. The Morgan fingerprint density at radius 2 is 1.80 bits per heavy atom. The molecule has 5 nitrogen and oxygen atoms in total. The molecule has 0 aliphatic heterocycles. The average molecular weight is 405 g/mol. The number of rotatable bonds is 8. The maximum Gasteiger partial charge on any atom is 0.185 e. The molecule has 1 aromatic heterocycles. The number of para-hydroxylation sites is 1. The van der Waals surface area contributed by atoms with Gasteiger partial charge in [0.1, 0.15) is 0 Å². The number of methoxy groups -OCH3 is 1. The lowest BCUT2D eigenvalue weighted by Gasteiger charge is -2.29. The lowest BCUT2D eigenvalue weighted by molar-refractivity contribution is 0.198. The molecule has 2 aromatic carbocycles. The number of aliphatic hydroxyl groups is 1. The molecular weight excluding hydrogens is 376 g/mol. The van der Waals surface area contributed by atoms with Crippen LogP contribution in [0.3, 0.4) is 0 Å². The quantitative estimate of drug-likeness (QED) is 0.556. The van der Waals surface area contributed by atoms with Crippen LogP contribution in [0.1, 0.15) is 36.8 Å². The summed E-state index contributed by atoms with van der Waals surface area (Å²) in [5.74, 6) is 1.30. The first kappa shape index (κ1) is 20.2. The third-order valence-electron chi connectivity index (χ3n) is 5.56. The number of pyridine rings is 1. The molecule has 0 saturated heterocycles. The number of benzene rings is 2. The van der Waals surface area contributed by atoms with Crippen molar-refractivity contribution in [3.63, 3.8) is 0 Å². The fraction of sp³-hybridized carbons (Fsp3) is 0.320. The highest BCUT2D eigenvalue weighted by Gasteiger charge is 2.25. The van der Waals surface area contributed by atoms with E-state index in [9.17, 15) is 5.11 Å². The lowest BCUT2D eigenvalue weighted by atomic mass is 10.1. The number of aromatic nitrogens is 1. The first-order chi connectivity index (χ1) is 14.8. The first-order valence-electron chi connectivity index (χ1n) is 10.5. The van der Waals surface area contributed by atoms with Gasteiger partial charge in [0.15, 0.2) is 11.5 Å². The molecule has 4 rings (SSSR count). The highest BCUT2D eigenvalue weighted by atomic mass is 16.5. The van der Waals surface area contributed by atoms with Crippen LogP contribution in [0, 0.1) is 0 Å². The highest BCUT2D eigenvalue weighted by molar-refractivity contribution is 5.74. The van der Waals surface area contributed by atoms with Crippen molar-refractivity contribution < 1.29 is 14.6 Å². The molecule has 5 heteroatoms. The third kappa shape index (κ3) is 4.41. The molecule has 0 atom stereocenters. The van der Waals surface area contributed by atoms with Gasteiger partial charge in [-0.3, -0.25) is 4.98 Å². The zero-order valence-electron chi connectivity index (χ0n) is 17.3. The maximum atomic E-state index is 9.86. The average Bonchev–Trinajstić information content (AvgIpc) is 3.32. The van der Waals surface area contributed by atoms with Crippen LogP contribution >= 0.6 is 0 Å². The molecule has 3 aromatic rings. The van der Waals surface area contributed by atoms with E-state index in [-0.39, 0.29) is 12.7 Å². The van der Waals surface area contributed by atoms with Gasteiger partial charge in [0.25, 0.3) is 0 Å². The zero-order chi connectivity index (χ0) is 20.8. The topological polar surface area (TPSA) is 54.8 Å². The lowest BCUT2D eigenvalue weighted by Crippen LogP contribution is -2.20. The molecule has 1 N–H and O–H groups in total. The van der Waals surface area contributed by atoms with E-state index in [1.165, 1.54) is 12.8 Å². The van der Waals surface area contributed by atoms with Crippen LogP contribution in [0.25, 0.3) is 0 Å². The normalized spacial score (nSPS) is 13.9. The molecule has 0 radical (unpaired) electrons. The Labute approximate surface area is 177 Å². The summed E-state index contributed by atoms with van der Waals surface area (Å²) in [5, 5.41) is 9.86. The molecular formula is C25H28N2O3. The van der Waals surface area contributed by atoms with E-state index >= 15 is 0 Å². The standard InChI is InChI=1S/C25H28N2O3/c1-29-24-20(18-28)13-14-23(25(24)30-22-11-5-6-12-22)27(21-9-3-2-4-10-21)17-19-8-7-15-26-16-19/h2-4,7-10,13-16,22,28H,5-6,11-12,17-18H2,1H3.